The summed E-state index contributed by atoms with van der Waals surface area (Å²) in [5.74, 6) is 0. The van der Waals surface area contributed by atoms with Crippen LogP contribution < -0.4 is 15.9 Å². The summed E-state index contributed by atoms with van der Waals surface area (Å²) in [6, 6.07) is 30.2. The smallest absolute Gasteiger partial charge is 0.184 e. The second-order valence-electron chi connectivity index (χ2n) is 5.67. The quantitative estimate of drug-likeness (QED) is 0.680. The standard InChI is InChI=1S/C21H19O2P/c1-3-7-18(8-4-1)24(19-9-5-2-6-10-19)20-13-11-17(12-14-20)21-22-15-16-23-21/h1-14,21H,15-16H2. The molecule has 1 aliphatic rings. The lowest BCUT2D eigenvalue weighted by atomic mass is 10.2. The molecule has 3 heteroatoms. The molecule has 3 aromatic carbocycles. The maximum atomic E-state index is 5.59. The molecular formula is C21H19O2P. The number of hydrogen-bond donors (Lipinski definition) is 0. The fourth-order valence-corrected chi connectivity index (χ4v) is 5.21. The minimum Gasteiger partial charge on any atom is -0.346 e. The summed E-state index contributed by atoms with van der Waals surface area (Å²) >= 11 is 0. The van der Waals surface area contributed by atoms with E-state index in [0.29, 0.717) is 13.2 Å². The molecule has 1 aliphatic heterocycles. The van der Waals surface area contributed by atoms with Gasteiger partial charge in [0.1, 0.15) is 0 Å². The van der Waals surface area contributed by atoms with Crippen molar-refractivity contribution in [3.8, 4) is 0 Å². The first kappa shape index (κ1) is 15.5. The van der Waals surface area contributed by atoms with Crippen molar-refractivity contribution >= 4 is 23.8 Å². The van der Waals surface area contributed by atoms with Gasteiger partial charge in [-0.15, -0.1) is 0 Å². The molecule has 0 saturated carbocycles. The number of benzene rings is 3. The normalized spacial score (nSPS) is 15.0. The van der Waals surface area contributed by atoms with Crippen LogP contribution >= 0.6 is 7.92 Å². The number of hydrogen-bond acceptors (Lipinski definition) is 2. The summed E-state index contributed by atoms with van der Waals surface area (Å²) in [5.41, 5.74) is 1.09. The molecule has 2 nitrogen and oxygen atoms in total. The van der Waals surface area contributed by atoms with Crippen LogP contribution in [0.5, 0.6) is 0 Å². The molecule has 1 fully saturated rings. The van der Waals surface area contributed by atoms with Gasteiger partial charge in [-0.1, -0.05) is 84.9 Å². The van der Waals surface area contributed by atoms with Gasteiger partial charge in [-0.2, -0.15) is 0 Å². The molecule has 0 spiro atoms. The third-order valence-corrected chi connectivity index (χ3v) is 6.52. The van der Waals surface area contributed by atoms with E-state index in [2.05, 4.69) is 84.9 Å². The summed E-state index contributed by atoms with van der Waals surface area (Å²) < 4.78 is 11.2. The maximum Gasteiger partial charge on any atom is 0.184 e. The van der Waals surface area contributed by atoms with E-state index in [-0.39, 0.29) is 6.29 Å². The molecule has 1 saturated heterocycles. The highest BCUT2D eigenvalue weighted by Crippen LogP contribution is 2.33. The topological polar surface area (TPSA) is 18.5 Å². The van der Waals surface area contributed by atoms with Gasteiger partial charge >= 0.3 is 0 Å². The molecule has 24 heavy (non-hydrogen) atoms. The fraction of sp³-hybridized carbons (Fsp3) is 0.143. The molecule has 0 unspecified atom stereocenters. The molecule has 0 amide bonds. The summed E-state index contributed by atoms with van der Waals surface area (Å²) in [6.07, 6.45) is -0.210. The Balaban J connectivity index is 1.71. The molecule has 3 aromatic rings. The molecule has 0 N–H and O–H groups in total. The Kier molecular flexibility index (Phi) is 4.71. The summed E-state index contributed by atoms with van der Waals surface area (Å²) in [7, 11) is -0.552. The molecule has 0 bridgehead atoms. The van der Waals surface area contributed by atoms with Crippen LogP contribution in [0, 0.1) is 0 Å². The summed E-state index contributed by atoms with van der Waals surface area (Å²) in [4.78, 5) is 0. The van der Waals surface area contributed by atoms with Crippen LogP contribution in [0.4, 0.5) is 0 Å². The van der Waals surface area contributed by atoms with Gasteiger partial charge in [0, 0.05) is 5.56 Å². The van der Waals surface area contributed by atoms with Crippen LogP contribution in [0.25, 0.3) is 0 Å². The largest absolute Gasteiger partial charge is 0.346 e. The van der Waals surface area contributed by atoms with Crippen LogP contribution in [0.1, 0.15) is 11.9 Å². The lowest BCUT2D eigenvalue weighted by Crippen LogP contribution is -2.20. The Morgan fingerprint density at radius 3 is 1.54 bits per heavy atom. The van der Waals surface area contributed by atoms with Crippen LogP contribution in [0.15, 0.2) is 84.9 Å². The van der Waals surface area contributed by atoms with Gasteiger partial charge in [0.25, 0.3) is 0 Å². The minimum atomic E-state index is -0.552. The fourth-order valence-electron chi connectivity index (χ4n) is 2.93. The second kappa shape index (κ2) is 7.27. The molecule has 0 radical (unpaired) electrons. The third kappa shape index (κ3) is 3.27. The van der Waals surface area contributed by atoms with E-state index in [9.17, 15) is 0 Å². The first-order valence-electron chi connectivity index (χ1n) is 8.15. The highest BCUT2D eigenvalue weighted by molar-refractivity contribution is 7.79. The molecule has 0 aliphatic carbocycles. The predicted molar refractivity (Wildman–Crippen MR) is 99.8 cm³/mol. The van der Waals surface area contributed by atoms with Gasteiger partial charge in [0.05, 0.1) is 13.2 Å². The molecule has 4 rings (SSSR count). The van der Waals surface area contributed by atoms with Crippen molar-refractivity contribution in [2.24, 2.45) is 0 Å². The average molecular weight is 334 g/mol. The van der Waals surface area contributed by atoms with E-state index in [1.165, 1.54) is 15.9 Å². The van der Waals surface area contributed by atoms with Crippen LogP contribution in [-0.4, -0.2) is 13.2 Å². The molecule has 120 valence electrons. The number of rotatable bonds is 4. The monoisotopic (exact) mass is 334 g/mol. The number of ether oxygens (including phenoxy) is 2. The van der Waals surface area contributed by atoms with Gasteiger partial charge in [-0.25, -0.2) is 0 Å². The molecule has 0 atom stereocenters. The van der Waals surface area contributed by atoms with E-state index >= 15 is 0 Å². The Hall–Kier alpha value is -1.99. The average Bonchev–Trinajstić information content (AvgIpc) is 3.19. The Morgan fingerprint density at radius 1 is 0.583 bits per heavy atom. The van der Waals surface area contributed by atoms with Crippen LogP contribution in [0.2, 0.25) is 0 Å². The highest BCUT2D eigenvalue weighted by Gasteiger charge is 2.20. The highest BCUT2D eigenvalue weighted by atomic mass is 31.1. The lowest BCUT2D eigenvalue weighted by molar-refractivity contribution is -0.0441. The third-order valence-electron chi connectivity index (χ3n) is 4.07. The first-order valence-corrected chi connectivity index (χ1v) is 9.49. The van der Waals surface area contributed by atoms with Crippen LogP contribution in [-0.2, 0) is 9.47 Å². The zero-order valence-corrected chi connectivity index (χ0v) is 14.2. The molecule has 1 heterocycles. The summed E-state index contributed by atoms with van der Waals surface area (Å²) in [6.45, 7) is 1.35. The van der Waals surface area contributed by atoms with Crippen molar-refractivity contribution in [2.75, 3.05) is 13.2 Å². The predicted octanol–water partition coefficient (Wildman–Crippen LogP) is 3.49. The Morgan fingerprint density at radius 2 is 1.04 bits per heavy atom. The van der Waals surface area contributed by atoms with Crippen molar-refractivity contribution in [2.45, 2.75) is 6.29 Å². The first-order chi connectivity index (χ1) is 11.9. The zero-order valence-electron chi connectivity index (χ0n) is 13.3. The van der Waals surface area contributed by atoms with Gasteiger partial charge in [-0.3, -0.25) is 0 Å². The Labute approximate surface area is 143 Å². The van der Waals surface area contributed by atoms with E-state index in [4.69, 9.17) is 9.47 Å². The van der Waals surface area contributed by atoms with Crippen molar-refractivity contribution in [1.82, 2.24) is 0 Å². The van der Waals surface area contributed by atoms with E-state index < -0.39 is 7.92 Å². The van der Waals surface area contributed by atoms with Gasteiger partial charge in [-0.05, 0) is 23.8 Å². The van der Waals surface area contributed by atoms with Crippen molar-refractivity contribution in [1.29, 1.82) is 0 Å². The Bertz CT molecular complexity index is 726. The van der Waals surface area contributed by atoms with E-state index in [1.807, 2.05) is 0 Å². The van der Waals surface area contributed by atoms with Gasteiger partial charge < -0.3 is 9.47 Å². The lowest BCUT2D eigenvalue weighted by Gasteiger charge is -2.20. The van der Waals surface area contributed by atoms with E-state index in [1.54, 1.807) is 0 Å². The zero-order chi connectivity index (χ0) is 16.2. The summed E-state index contributed by atoms with van der Waals surface area (Å²) in [5, 5.41) is 4.06. The van der Waals surface area contributed by atoms with Crippen molar-refractivity contribution < 1.29 is 9.47 Å². The van der Waals surface area contributed by atoms with Crippen molar-refractivity contribution in [3.63, 3.8) is 0 Å². The SMILES string of the molecule is c1ccc(P(c2ccccc2)c2ccc(C3OCCO3)cc2)cc1. The minimum absolute atomic E-state index is 0.210. The maximum absolute atomic E-state index is 5.59. The van der Waals surface area contributed by atoms with Crippen LogP contribution in [0.3, 0.4) is 0 Å². The second-order valence-corrected chi connectivity index (χ2v) is 7.89. The van der Waals surface area contributed by atoms with Crippen molar-refractivity contribution in [3.05, 3.63) is 90.5 Å². The van der Waals surface area contributed by atoms with Gasteiger partial charge in [0.2, 0.25) is 0 Å². The van der Waals surface area contributed by atoms with E-state index in [0.717, 1.165) is 5.56 Å². The van der Waals surface area contributed by atoms with Gasteiger partial charge in [0.15, 0.2) is 6.29 Å². The molecule has 0 aromatic heterocycles. The molecular weight excluding hydrogens is 315 g/mol.